The number of benzene rings is 1. The number of nitrogens with zero attached hydrogens (tertiary/aromatic N) is 3. The molecule has 0 radical (unpaired) electrons. The molecule has 0 atom stereocenters. The van der Waals surface area contributed by atoms with Crippen LogP contribution in [0, 0.1) is 11.6 Å². The number of rotatable bonds is 4. The normalized spacial score (nSPS) is 21.0. The van der Waals surface area contributed by atoms with Crippen LogP contribution in [0.4, 0.5) is 8.78 Å². The van der Waals surface area contributed by atoms with E-state index in [0.29, 0.717) is 5.82 Å². The highest BCUT2D eigenvalue weighted by Gasteiger charge is 2.27. The van der Waals surface area contributed by atoms with Gasteiger partial charge >= 0.3 is 0 Å². The van der Waals surface area contributed by atoms with E-state index in [1.54, 1.807) is 0 Å². The molecule has 4 N–H and O–H groups in total. The van der Waals surface area contributed by atoms with Gasteiger partial charge in [0.2, 0.25) is 5.91 Å². The summed E-state index contributed by atoms with van der Waals surface area (Å²) in [6.45, 7) is 0. The Hall–Kier alpha value is -2.35. The maximum absolute atomic E-state index is 14.2. The summed E-state index contributed by atoms with van der Waals surface area (Å²) < 4.78 is 28.7. The average Bonchev–Trinajstić information content (AvgIpc) is 2.90. The van der Waals surface area contributed by atoms with E-state index in [0.717, 1.165) is 37.8 Å². The fourth-order valence-corrected chi connectivity index (χ4v) is 3.07. The van der Waals surface area contributed by atoms with Gasteiger partial charge in [-0.1, -0.05) is 0 Å². The molecule has 24 heavy (non-hydrogen) atoms. The van der Waals surface area contributed by atoms with Crippen LogP contribution < -0.4 is 11.5 Å². The average molecular weight is 335 g/mol. The third-order valence-corrected chi connectivity index (χ3v) is 4.28. The Morgan fingerprint density at radius 3 is 2.58 bits per heavy atom. The van der Waals surface area contributed by atoms with Gasteiger partial charge in [-0.25, -0.2) is 18.4 Å². The molecule has 0 unspecified atom stereocenters. The predicted molar refractivity (Wildman–Crippen MR) is 83.4 cm³/mol. The molecule has 2 aromatic rings. The Balaban J connectivity index is 2.02. The molecule has 1 aliphatic rings. The van der Waals surface area contributed by atoms with Crippen molar-refractivity contribution in [3.63, 3.8) is 0 Å². The van der Waals surface area contributed by atoms with E-state index in [1.807, 2.05) is 0 Å². The monoisotopic (exact) mass is 335 g/mol. The summed E-state index contributed by atoms with van der Waals surface area (Å²) in [4.78, 5) is 15.5. The van der Waals surface area contributed by atoms with E-state index in [2.05, 4.69) is 10.1 Å². The summed E-state index contributed by atoms with van der Waals surface area (Å²) in [5, 5.41) is 4.22. The largest absolute Gasteiger partial charge is 0.369 e. The first-order valence-corrected chi connectivity index (χ1v) is 7.89. The van der Waals surface area contributed by atoms with Gasteiger partial charge in [0, 0.05) is 18.0 Å². The van der Waals surface area contributed by atoms with Gasteiger partial charge in [0.15, 0.2) is 11.6 Å². The lowest BCUT2D eigenvalue weighted by Gasteiger charge is -2.25. The lowest BCUT2D eigenvalue weighted by atomic mass is 9.86. The van der Waals surface area contributed by atoms with E-state index in [4.69, 9.17) is 11.5 Å². The van der Waals surface area contributed by atoms with Crippen molar-refractivity contribution < 1.29 is 13.6 Å². The molecule has 6 nitrogen and oxygen atoms in total. The van der Waals surface area contributed by atoms with Crippen molar-refractivity contribution in [2.75, 3.05) is 0 Å². The molecule has 0 bridgehead atoms. The van der Waals surface area contributed by atoms with E-state index < -0.39 is 17.5 Å². The molecule has 1 fully saturated rings. The second kappa shape index (κ2) is 6.64. The third kappa shape index (κ3) is 3.43. The summed E-state index contributed by atoms with van der Waals surface area (Å²) in [7, 11) is 0. The molecule has 128 valence electrons. The topological polar surface area (TPSA) is 99.8 Å². The molecule has 1 aromatic carbocycles. The summed E-state index contributed by atoms with van der Waals surface area (Å²) in [6.07, 6.45) is 3.16. The number of aromatic nitrogens is 3. The van der Waals surface area contributed by atoms with E-state index >= 15 is 0 Å². The molecule has 1 heterocycles. The fraction of sp³-hybridized carbons (Fsp3) is 0.438. The van der Waals surface area contributed by atoms with E-state index in [9.17, 15) is 13.6 Å². The minimum absolute atomic E-state index is 0.0587. The van der Waals surface area contributed by atoms with Crippen LogP contribution in [0.3, 0.4) is 0 Å². The van der Waals surface area contributed by atoms with Crippen LogP contribution in [0.25, 0.3) is 5.69 Å². The van der Waals surface area contributed by atoms with Crippen LogP contribution in [0.1, 0.15) is 43.3 Å². The Labute approximate surface area is 137 Å². The van der Waals surface area contributed by atoms with Gasteiger partial charge in [-0.2, -0.15) is 5.10 Å². The fourth-order valence-electron chi connectivity index (χ4n) is 3.07. The SMILES string of the molecule is NC(=O)Cc1nc(C2CCC(N)CC2)n(-c2ccc(F)cc2F)n1. The second-order valence-electron chi connectivity index (χ2n) is 6.15. The minimum atomic E-state index is -0.737. The first kappa shape index (κ1) is 16.5. The summed E-state index contributed by atoms with van der Waals surface area (Å²) in [5.41, 5.74) is 11.2. The summed E-state index contributed by atoms with van der Waals surface area (Å²) in [6, 6.07) is 3.43. The predicted octanol–water partition coefficient (Wildman–Crippen LogP) is 1.56. The molecule has 0 aliphatic heterocycles. The number of hydrogen-bond donors (Lipinski definition) is 2. The van der Waals surface area contributed by atoms with Gasteiger partial charge < -0.3 is 11.5 Å². The molecule has 1 aliphatic carbocycles. The van der Waals surface area contributed by atoms with Crippen molar-refractivity contribution in [2.24, 2.45) is 11.5 Å². The van der Waals surface area contributed by atoms with Crippen LogP contribution in [0.5, 0.6) is 0 Å². The minimum Gasteiger partial charge on any atom is -0.369 e. The maximum atomic E-state index is 14.2. The molecular weight excluding hydrogens is 316 g/mol. The lowest BCUT2D eigenvalue weighted by molar-refractivity contribution is -0.117. The molecule has 1 amide bonds. The number of amides is 1. The van der Waals surface area contributed by atoms with E-state index in [1.165, 1.54) is 10.7 Å². The Kier molecular flexibility index (Phi) is 4.57. The van der Waals surface area contributed by atoms with Crippen molar-refractivity contribution in [1.29, 1.82) is 0 Å². The van der Waals surface area contributed by atoms with Gasteiger partial charge in [0.25, 0.3) is 0 Å². The zero-order valence-corrected chi connectivity index (χ0v) is 13.1. The van der Waals surface area contributed by atoms with Gasteiger partial charge in [-0.3, -0.25) is 4.79 Å². The molecule has 0 saturated heterocycles. The van der Waals surface area contributed by atoms with Crippen LogP contribution in [-0.2, 0) is 11.2 Å². The zero-order valence-electron chi connectivity index (χ0n) is 13.1. The molecule has 1 saturated carbocycles. The second-order valence-corrected chi connectivity index (χ2v) is 6.15. The number of carbonyl (C=O) groups is 1. The molecule has 3 rings (SSSR count). The highest BCUT2D eigenvalue weighted by atomic mass is 19.1. The number of primary amides is 1. The van der Waals surface area contributed by atoms with Crippen LogP contribution in [0.2, 0.25) is 0 Å². The Morgan fingerprint density at radius 1 is 1.25 bits per heavy atom. The molecule has 1 aromatic heterocycles. The number of halogens is 2. The third-order valence-electron chi connectivity index (χ3n) is 4.28. The molecular formula is C16H19F2N5O. The standard InChI is InChI=1S/C16H19F2N5O/c17-10-3-6-13(12(18)7-10)23-16(9-1-4-11(19)5-2-9)21-15(22-23)8-14(20)24/h3,6-7,9,11H,1-2,4-5,8,19H2,(H2,20,24). The van der Waals surface area contributed by atoms with Gasteiger partial charge in [0.1, 0.15) is 17.3 Å². The zero-order chi connectivity index (χ0) is 17.3. The summed E-state index contributed by atoms with van der Waals surface area (Å²) >= 11 is 0. The lowest BCUT2D eigenvalue weighted by Crippen LogP contribution is -2.27. The van der Waals surface area contributed by atoms with Crippen molar-refractivity contribution in [3.05, 3.63) is 41.5 Å². The Bertz CT molecular complexity index is 753. The number of hydrogen-bond acceptors (Lipinski definition) is 4. The van der Waals surface area contributed by atoms with Crippen molar-refractivity contribution in [3.8, 4) is 5.69 Å². The van der Waals surface area contributed by atoms with Gasteiger partial charge in [0.05, 0.1) is 6.42 Å². The Morgan fingerprint density at radius 2 is 1.96 bits per heavy atom. The smallest absolute Gasteiger partial charge is 0.225 e. The first-order valence-electron chi connectivity index (χ1n) is 7.89. The number of nitrogens with two attached hydrogens (primary N) is 2. The van der Waals surface area contributed by atoms with Crippen LogP contribution in [0.15, 0.2) is 18.2 Å². The quantitative estimate of drug-likeness (QED) is 0.885. The number of carbonyl (C=O) groups excluding carboxylic acids is 1. The first-order chi connectivity index (χ1) is 11.4. The van der Waals surface area contributed by atoms with Crippen LogP contribution >= 0.6 is 0 Å². The van der Waals surface area contributed by atoms with Crippen molar-refractivity contribution >= 4 is 5.91 Å². The molecule has 0 spiro atoms. The highest BCUT2D eigenvalue weighted by Crippen LogP contribution is 2.32. The van der Waals surface area contributed by atoms with Gasteiger partial charge in [-0.05, 0) is 37.8 Å². The summed E-state index contributed by atoms with van der Waals surface area (Å²) in [5.74, 6) is -1.12. The maximum Gasteiger partial charge on any atom is 0.225 e. The van der Waals surface area contributed by atoms with Crippen LogP contribution in [-0.4, -0.2) is 26.7 Å². The van der Waals surface area contributed by atoms with Crippen molar-refractivity contribution in [1.82, 2.24) is 14.8 Å². The van der Waals surface area contributed by atoms with Gasteiger partial charge in [-0.15, -0.1) is 0 Å². The van der Waals surface area contributed by atoms with E-state index in [-0.39, 0.29) is 29.9 Å². The molecule has 8 heteroatoms. The highest BCUT2D eigenvalue weighted by molar-refractivity contribution is 5.75. The van der Waals surface area contributed by atoms with Crippen molar-refractivity contribution in [2.45, 2.75) is 44.1 Å².